The van der Waals surface area contributed by atoms with E-state index in [4.69, 9.17) is 9.47 Å². The smallest absolute Gasteiger partial charge is 0.341 e. The number of carbonyl (C=O) groups excluding carboxylic acids is 2. The van der Waals surface area contributed by atoms with Crippen LogP contribution in [0.4, 0.5) is 5.00 Å². The Balaban J connectivity index is 1.88. The molecule has 0 fully saturated rings. The SMILES string of the molecule is CCCOc1cccc(C(=O)Nc2sc3c(c2C(=O)OC)CCC(C(C)(C)C)C3)c1. The third kappa shape index (κ3) is 4.86. The molecule has 6 heteroatoms. The first-order chi connectivity index (χ1) is 14.2. The van der Waals surface area contributed by atoms with E-state index >= 15 is 0 Å². The lowest BCUT2D eigenvalue weighted by Gasteiger charge is -2.33. The van der Waals surface area contributed by atoms with Crippen molar-refractivity contribution in [3.63, 3.8) is 0 Å². The Morgan fingerprint density at radius 3 is 2.70 bits per heavy atom. The largest absolute Gasteiger partial charge is 0.494 e. The lowest BCUT2D eigenvalue weighted by atomic mass is 9.72. The molecule has 1 atom stereocenters. The maximum absolute atomic E-state index is 12.9. The van der Waals surface area contributed by atoms with Gasteiger partial charge in [-0.1, -0.05) is 33.8 Å². The van der Waals surface area contributed by atoms with Crippen LogP contribution in [0.5, 0.6) is 5.75 Å². The van der Waals surface area contributed by atoms with E-state index in [1.54, 1.807) is 18.2 Å². The molecule has 162 valence electrons. The Kier molecular flexibility index (Phi) is 6.86. The average molecular weight is 430 g/mol. The summed E-state index contributed by atoms with van der Waals surface area (Å²) < 4.78 is 10.7. The van der Waals surface area contributed by atoms with E-state index in [-0.39, 0.29) is 11.3 Å². The minimum absolute atomic E-state index is 0.204. The molecule has 0 saturated heterocycles. The fourth-order valence-electron chi connectivity index (χ4n) is 3.85. The molecule has 0 saturated carbocycles. The van der Waals surface area contributed by atoms with Crippen molar-refractivity contribution < 1.29 is 19.1 Å². The first-order valence-corrected chi connectivity index (χ1v) is 11.3. The van der Waals surface area contributed by atoms with Crippen molar-refractivity contribution in [2.45, 2.75) is 53.4 Å². The number of thiophene rings is 1. The van der Waals surface area contributed by atoms with Gasteiger partial charge in [0.25, 0.3) is 5.91 Å². The number of rotatable bonds is 6. The number of methoxy groups -OCH3 is 1. The number of carbonyl (C=O) groups is 2. The number of hydrogen-bond acceptors (Lipinski definition) is 5. The van der Waals surface area contributed by atoms with E-state index in [1.807, 2.05) is 13.0 Å². The monoisotopic (exact) mass is 429 g/mol. The molecule has 3 rings (SSSR count). The molecular weight excluding hydrogens is 398 g/mol. The summed E-state index contributed by atoms with van der Waals surface area (Å²) in [5.41, 5.74) is 2.24. The summed E-state index contributed by atoms with van der Waals surface area (Å²) >= 11 is 1.50. The third-order valence-corrected chi connectivity index (χ3v) is 6.85. The fraction of sp³-hybridized carbons (Fsp3) is 0.500. The van der Waals surface area contributed by atoms with Gasteiger partial charge in [0, 0.05) is 10.4 Å². The van der Waals surface area contributed by atoms with Gasteiger partial charge in [-0.3, -0.25) is 4.79 Å². The number of esters is 1. The zero-order valence-electron chi connectivity index (χ0n) is 18.5. The first kappa shape index (κ1) is 22.3. The molecule has 0 bridgehead atoms. The second kappa shape index (κ2) is 9.21. The van der Waals surface area contributed by atoms with Gasteiger partial charge in [0.2, 0.25) is 0 Å². The minimum atomic E-state index is -0.392. The van der Waals surface area contributed by atoms with Gasteiger partial charge in [-0.15, -0.1) is 11.3 Å². The van der Waals surface area contributed by atoms with Gasteiger partial charge in [-0.2, -0.15) is 0 Å². The predicted octanol–water partition coefficient (Wildman–Crippen LogP) is 5.73. The number of nitrogens with one attached hydrogen (secondary N) is 1. The van der Waals surface area contributed by atoms with E-state index < -0.39 is 5.97 Å². The van der Waals surface area contributed by atoms with Crippen LogP contribution in [0, 0.1) is 11.3 Å². The zero-order chi connectivity index (χ0) is 21.9. The Morgan fingerprint density at radius 1 is 1.27 bits per heavy atom. The van der Waals surface area contributed by atoms with Gasteiger partial charge in [0.1, 0.15) is 10.8 Å². The molecule has 1 heterocycles. The normalized spacial score (nSPS) is 16.0. The van der Waals surface area contributed by atoms with Crippen LogP contribution in [0.2, 0.25) is 0 Å². The number of ether oxygens (including phenoxy) is 2. The highest BCUT2D eigenvalue weighted by Gasteiger charge is 2.34. The quantitative estimate of drug-likeness (QED) is 0.596. The molecule has 1 unspecified atom stereocenters. The van der Waals surface area contributed by atoms with E-state index in [0.29, 0.717) is 34.4 Å². The number of anilines is 1. The van der Waals surface area contributed by atoms with Crippen molar-refractivity contribution in [1.82, 2.24) is 0 Å². The summed E-state index contributed by atoms with van der Waals surface area (Å²) in [7, 11) is 1.38. The van der Waals surface area contributed by atoms with E-state index in [1.165, 1.54) is 23.3 Å². The van der Waals surface area contributed by atoms with Crippen LogP contribution in [0.25, 0.3) is 0 Å². The van der Waals surface area contributed by atoms with E-state index in [9.17, 15) is 9.59 Å². The van der Waals surface area contributed by atoms with E-state index in [2.05, 4.69) is 26.1 Å². The van der Waals surface area contributed by atoms with Crippen molar-refractivity contribution >= 4 is 28.2 Å². The van der Waals surface area contributed by atoms with Crippen molar-refractivity contribution in [3.8, 4) is 5.75 Å². The highest BCUT2D eigenvalue weighted by atomic mass is 32.1. The lowest BCUT2D eigenvalue weighted by molar-refractivity contribution is 0.0600. The molecular formula is C24H31NO4S. The summed E-state index contributed by atoms with van der Waals surface area (Å²) in [6.07, 6.45) is 3.68. The second-order valence-electron chi connectivity index (χ2n) is 8.84. The van der Waals surface area contributed by atoms with Crippen LogP contribution < -0.4 is 10.1 Å². The van der Waals surface area contributed by atoms with Crippen LogP contribution in [-0.4, -0.2) is 25.6 Å². The summed E-state index contributed by atoms with van der Waals surface area (Å²) in [6.45, 7) is 9.41. The molecule has 1 aromatic heterocycles. The van der Waals surface area contributed by atoms with Gasteiger partial charge in [-0.25, -0.2) is 4.79 Å². The Labute approximate surface area is 182 Å². The molecule has 2 aromatic rings. The van der Waals surface area contributed by atoms with Gasteiger partial charge >= 0.3 is 5.97 Å². The van der Waals surface area contributed by atoms with Crippen molar-refractivity contribution in [1.29, 1.82) is 0 Å². The van der Waals surface area contributed by atoms with Gasteiger partial charge in [-0.05, 0) is 60.8 Å². The Morgan fingerprint density at radius 2 is 2.03 bits per heavy atom. The molecule has 1 N–H and O–H groups in total. The van der Waals surface area contributed by atoms with Gasteiger partial charge in [0.05, 0.1) is 19.3 Å². The molecule has 1 amide bonds. The predicted molar refractivity (Wildman–Crippen MR) is 121 cm³/mol. The zero-order valence-corrected chi connectivity index (χ0v) is 19.3. The molecule has 30 heavy (non-hydrogen) atoms. The summed E-state index contributed by atoms with van der Waals surface area (Å²) in [6, 6.07) is 7.11. The Hall–Kier alpha value is -2.34. The number of benzene rings is 1. The highest BCUT2D eigenvalue weighted by Crippen LogP contribution is 2.44. The molecule has 5 nitrogen and oxygen atoms in total. The Bertz CT molecular complexity index is 926. The second-order valence-corrected chi connectivity index (χ2v) is 9.94. The van der Waals surface area contributed by atoms with Crippen LogP contribution in [0.15, 0.2) is 24.3 Å². The maximum Gasteiger partial charge on any atom is 0.341 e. The number of amides is 1. The number of fused-ring (bicyclic) bond motifs is 1. The molecule has 0 aliphatic heterocycles. The minimum Gasteiger partial charge on any atom is -0.494 e. The van der Waals surface area contributed by atoms with Crippen molar-refractivity contribution in [3.05, 3.63) is 45.8 Å². The van der Waals surface area contributed by atoms with Gasteiger partial charge in [0.15, 0.2) is 0 Å². The van der Waals surface area contributed by atoms with E-state index in [0.717, 1.165) is 31.2 Å². The van der Waals surface area contributed by atoms with Crippen LogP contribution in [0.3, 0.4) is 0 Å². The topological polar surface area (TPSA) is 64.6 Å². The number of hydrogen-bond donors (Lipinski definition) is 1. The van der Waals surface area contributed by atoms with Crippen molar-refractivity contribution in [2.75, 3.05) is 19.0 Å². The van der Waals surface area contributed by atoms with Gasteiger partial charge < -0.3 is 14.8 Å². The summed E-state index contributed by atoms with van der Waals surface area (Å²) in [5, 5.41) is 3.53. The molecule has 1 aromatic carbocycles. The van der Waals surface area contributed by atoms with Crippen LogP contribution in [0.1, 0.15) is 71.7 Å². The van der Waals surface area contributed by atoms with Crippen LogP contribution in [-0.2, 0) is 17.6 Å². The lowest BCUT2D eigenvalue weighted by Crippen LogP contribution is -2.26. The summed E-state index contributed by atoms with van der Waals surface area (Å²) in [4.78, 5) is 26.7. The molecule has 0 radical (unpaired) electrons. The molecule has 1 aliphatic carbocycles. The molecule has 0 spiro atoms. The highest BCUT2D eigenvalue weighted by molar-refractivity contribution is 7.17. The standard InChI is InChI=1S/C24H31NO4S/c1-6-12-29-17-9-7-8-15(13-17)21(26)25-22-20(23(27)28-5)18-11-10-16(24(2,3)4)14-19(18)30-22/h7-9,13,16H,6,10-12,14H2,1-5H3,(H,25,26). The molecule has 1 aliphatic rings. The first-order valence-electron chi connectivity index (χ1n) is 10.5. The van der Waals surface area contributed by atoms with Crippen LogP contribution >= 0.6 is 11.3 Å². The summed E-state index contributed by atoms with van der Waals surface area (Å²) in [5.74, 6) is 0.561. The average Bonchev–Trinajstić information content (AvgIpc) is 3.08. The maximum atomic E-state index is 12.9. The third-order valence-electron chi connectivity index (χ3n) is 5.68. The fourth-order valence-corrected chi connectivity index (χ4v) is 5.16. The van der Waals surface area contributed by atoms with Crippen molar-refractivity contribution in [2.24, 2.45) is 11.3 Å².